The number of carbonyl (C=O) groups excluding carboxylic acids is 2. The number of hydrogen-bond acceptors (Lipinski definition) is 3. The summed E-state index contributed by atoms with van der Waals surface area (Å²) in [6.07, 6.45) is 4.25. The Kier molecular flexibility index (Phi) is 8.16. The van der Waals surface area contributed by atoms with Gasteiger partial charge in [0.25, 0.3) is 5.91 Å². The van der Waals surface area contributed by atoms with Crippen molar-refractivity contribution in [2.75, 3.05) is 6.61 Å². The van der Waals surface area contributed by atoms with Gasteiger partial charge in [-0.2, -0.15) is 0 Å². The summed E-state index contributed by atoms with van der Waals surface area (Å²) in [4.78, 5) is 27.5. The summed E-state index contributed by atoms with van der Waals surface area (Å²) >= 11 is 9.58. The molecule has 1 N–H and O–H groups in total. The van der Waals surface area contributed by atoms with Gasteiger partial charge in [0.15, 0.2) is 6.61 Å². The highest BCUT2D eigenvalue weighted by atomic mass is 79.9. The van der Waals surface area contributed by atoms with Crippen molar-refractivity contribution in [3.63, 3.8) is 0 Å². The third-order valence-electron chi connectivity index (χ3n) is 5.30. The highest BCUT2D eigenvalue weighted by Gasteiger charge is 2.28. The van der Waals surface area contributed by atoms with Crippen LogP contribution in [0.15, 0.2) is 53.0 Å². The van der Waals surface area contributed by atoms with Crippen molar-refractivity contribution >= 4 is 39.3 Å². The van der Waals surface area contributed by atoms with Crippen LogP contribution in [0.1, 0.15) is 38.2 Å². The van der Waals surface area contributed by atoms with Crippen LogP contribution in [0.2, 0.25) is 5.02 Å². The first kappa shape index (κ1) is 22.6. The molecule has 0 radical (unpaired) electrons. The Hall–Kier alpha value is -2.05. The molecule has 1 aliphatic carbocycles. The molecule has 0 aromatic heterocycles. The number of amides is 2. The van der Waals surface area contributed by atoms with E-state index >= 15 is 0 Å². The molecule has 2 aromatic rings. The lowest BCUT2D eigenvalue weighted by Crippen LogP contribution is -2.50. The van der Waals surface area contributed by atoms with Gasteiger partial charge in [-0.25, -0.2) is 0 Å². The second-order valence-electron chi connectivity index (χ2n) is 7.54. The average Bonchev–Trinajstić information content (AvgIpc) is 3.24. The second-order valence-corrected chi connectivity index (χ2v) is 8.86. The first-order valence-corrected chi connectivity index (χ1v) is 11.3. The lowest BCUT2D eigenvalue weighted by molar-refractivity contribution is -0.142. The van der Waals surface area contributed by atoms with E-state index in [0.717, 1.165) is 35.7 Å². The third kappa shape index (κ3) is 6.22. The summed E-state index contributed by atoms with van der Waals surface area (Å²) in [7, 11) is 0. The predicted molar refractivity (Wildman–Crippen MR) is 121 cm³/mol. The molecule has 0 bridgehead atoms. The summed E-state index contributed by atoms with van der Waals surface area (Å²) in [5.41, 5.74) is 0.927. The molecule has 30 heavy (non-hydrogen) atoms. The van der Waals surface area contributed by atoms with Crippen molar-refractivity contribution < 1.29 is 14.3 Å². The molecule has 0 unspecified atom stereocenters. The highest BCUT2D eigenvalue weighted by molar-refractivity contribution is 9.10. The lowest BCUT2D eigenvalue weighted by Gasteiger charge is -2.29. The molecular formula is C23H26BrClN2O3. The lowest BCUT2D eigenvalue weighted by atomic mass is 10.1. The summed E-state index contributed by atoms with van der Waals surface area (Å²) in [5, 5.41) is 3.53. The van der Waals surface area contributed by atoms with Gasteiger partial charge in [-0.3, -0.25) is 9.59 Å². The number of nitrogens with one attached hydrogen (secondary N) is 1. The van der Waals surface area contributed by atoms with Crippen LogP contribution in [0.3, 0.4) is 0 Å². The van der Waals surface area contributed by atoms with E-state index in [4.69, 9.17) is 16.3 Å². The molecule has 3 rings (SSSR count). The smallest absolute Gasteiger partial charge is 0.261 e. The molecule has 2 amide bonds. The molecule has 0 aliphatic heterocycles. The number of benzene rings is 2. The molecule has 1 fully saturated rings. The monoisotopic (exact) mass is 492 g/mol. The topological polar surface area (TPSA) is 58.6 Å². The molecule has 0 saturated heterocycles. The maximum Gasteiger partial charge on any atom is 0.261 e. The number of hydrogen-bond donors (Lipinski definition) is 1. The van der Waals surface area contributed by atoms with Gasteiger partial charge in [0, 0.05) is 17.1 Å². The minimum absolute atomic E-state index is 0.136. The van der Waals surface area contributed by atoms with Gasteiger partial charge >= 0.3 is 0 Å². The number of para-hydroxylation sites is 1. The SMILES string of the molecule is C[C@H](C(=O)NC1CCCC1)N(Cc1cccc(Br)c1)C(=O)COc1ccccc1Cl. The van der Waals surface area contributed by atoms with E-state index < -0.39 is 6.04 Å². The molecule has 2 aromatic carbocycles. The van der Waals surface area contributed by atoms with Crippen molar-refractivity contribution in [1.82, 2.24) is 10.2 Å². The van der Waals surface area contributed by atoms with E-state index in [1.54, 1.807) is 36.1 Å². The van der Waals surface area contributed by atoms with Crippen LogP contribution in [0, 0.1) is 0 Å². The van der Waals surface area contributed by atoms with Gasteiger partial charge in [-0.1, -0.05) is 64.6 Å². The van der Waals surface area contributed by atoms with E-state index in [2.05, 4.69) is 21.2 Å². The molecule has 0 spiro atoms. The fraction of sp³-hybridized carbons (Fsp3) is 0.391. The second kappa shape index (κ2) is 10.8. The van der Waals surface area contributed by atoms with Crippen LogP contribution < -0.4 is 10.1 Å². The number of ether oxygens (including phenoxy) is 1. The average molecular weight is 494 g/mol. The highest BCUT2D eigenvalue weighted by Crippen LogP contribution is 2.23. The van der Waals surface area contributed by atoms with Gasteiger partial charge in [-0.15, -0.1) is 0 Å². The number of carbonyl (C=O) groups is 2. The third-order valence-corrected chi connectivity index (χ3v) is 6.10. The van der Waals surface area contributed by atoms with Crippen LogP contribution in [0.4, 0.5) is 0 Å². The van der Waals surface area contributed by atoms with Gasteiger partial charge in [0.2, 0.25) is 5.91 Å². The van der Waals surface area contributed by atoms with Gasteiger partial charge in [0.1, 0.15) is 11.8 Å². The standard InChI is InChI=1S/C23H26BrClN2O3/c1-16(23(29)26-19-9-2-3-10-19)27(14-17-7-6-8-18(24)13-17)22(28)15-30-21-12-5-4-11-20(21)25/h4-8,11-13,16,19H,2-3,9-10,14-15H2,1H3,(H,26,29)/t16-/m1/s1. The Morgan fingerprint density at radius 3 is 2.63 bits per heavy atom. The van der Waals surface area contributed by atoms with Crippen LogP contribution in [-0.2, 0) is 16.1 Å². The van der Waals surface area contributed by atoms with E-state index in [1.165, 1.54) is 0 Å². The molecule has 1 saturated carbocycles. The normalized spacial score (nSPS) is 14.9. The first-order chi connectivity index (χ1) is 14.4. The van der Waals surface area contributed by atoms with Crippen molar-refractivity contribution in [1.29, 1.82) is 0 Å². The summed E-state index contributed by atoms with van der Waals surface area (Å²) < 4.78 is 6.56. The Labute approximate surface area is 190 Å². The van der Waals surface area contributed by atoms with E-state index in [9.17, 15) is 9.59 Å². The van der Waals surface area contributed by atoms with Crippen LogP contribution in [0.25, 0.3) is 0 Å². The van der Waals surface area contributed by atoms with E-state index in [0.29, 0.717) is 17.3 Å². The molecule has 160 valence electrons. The Morgan fingerprint density at radius 2 is 1.93 bits per heavy atom. The first-order valence-electron chi connectivity index (χ1n) is 10.2. The van der Waals surface area contributed by atoms with Gasteiger partial charge < -0.3 is 15.0 Å². The molecule has 5 nitrogen and oxygen atoms in total. The zero-order valence-corrected chi connectivity index (χ0v) is 19.3. The minimum Gasteiger partial charge on any atom is -0.482 e. The van der Waals surface area contributed by atoms with Gasteiger partial charge in [0.05, 0.1) is 5.02 Å². The van der Waals surface area contributed by atoms with Crippen LogP contribution in [-0.4, -0.2) is 35.4 Å². The number of rotatable bonds is 8. The van der Waals surface area contributed by atoms with E-state index in [-0.39, 0.29) is 24.5 Å². The van der Waals surface area contributed by atoms with Crippen LogP contribution >= 0.6 is 27.5 Å². The predicted octanol–water partition coefficient (Wildman–Crippen LogP) is 4.96. The summed E-state index contributed by atoms with van der Waals surface area (Å²) in [5.74, 6) is 0.0324. The zero-order chi connectivity index (χ0) is 21.5. The molecule has 1 atom stereocenters. The quantitative estimate of drug-likeness (QED) is 0.566. The van der Waals surface area contributed by atoms with E-state index in [1.807, 2.05) is 24.3 Å². The summed E-state index contributed by atoms with van der Waals surface area (Å²) in [6.45, 7) is 1.87. The van der Waals surface area contributed by atoms with Crippen molar-refractivity contribution in [3.8, 4) is 5.75 Å². The molecule has 1 aliphatic rings. The van der Waals surface area contributed by atoms with Crippen LogP contribution in [0.5, 0.6) is 5.75 Å². The van der Waals surface area contributed by atoms with Crippen molar-refractivity contribution in [2.45, 2.75) is 51.2 Å². The molecule has 7 heteroatoms. The van der Waals surface area contributed by atoms with Gasteiger partial charge in [-0.05, 0) is 49.6 Å². The fourth-order valence-electron chi connectivity index (χ4n) is 3.59. The Bertz CT molecular complexity index is 886. The molecule has 0 heterocycles. The fourth-order valence-corrected chi connectivity index (χ4v) is 4.23. The Balaban J connectivity index is 1.72. The maximum absolute atomic E-state index is 13.1. The largest absolute Gasteiger partial charge is 0.482 e. The molecular weight excluding hydrogens is 468 g/mol. The van der Waals surface area contributed by atoms with Crippen molar-refractivity contribution in [2.24, 2.45) is 0 Å². The zero-order valence-electron chi connectivity index (χ0n) is 16.9. The number of halogens is 2. The maximum atomic E-state index is 13.1. The van der Waals surface area contributed by atoms with Crippen molar-refractivity contribution in [3.05, 3.63) is 63.6 Å². The summed E-state index contributed by atoms with van der Waals surface area (Å²) in [6, 6.07) is 14.3. The Morgan fingerprint density at radius 1 is 1.20 bits per heavy atom. The number of nitrogens with zero attached hydrogens (tertiary/aromatic N) is 1. The minimum atomic E-state index is -0.619.